The van der Waals surface area contributed by atoms with Crippen LogP contribution in [0.1, 0.15) is 40.9 Å². The van der Waals surface area contributed by atoms with Gasteiger partial charge in [-0.2, -0.15) is 0 Å². The first-order chi connectivity index (χ1) is 8.16. The van der Waals surface area contributed by atoms with Crippen molar-refractivity contribution in [1.29, 1.82) is 0 Å². The Bertz CT molecular complexity index is 612. The minimum absolute atomic E-state index is 0.147. The molecule has 1 heterocycles. The van der Waals surface area contributed by atoms with Crippen molar-refractivity contribution in [3.05, 3.63) is 34.8 Å². The number of aromatic amines is 1. The van der Waals surface area contributed by atoms with Gasteiger partial charge in [0.1, 0.15) is 5.82 Å². The van der Waals surface area contributed by atoms with Gasteiger partial charge in [0.25, 0.3) is 0 Å². The van der Waals surface area contributed by atoms with E-state index in [9.17, 15) is 9.18 Å². The highest BCUT2D eigenvalue weighted by atomic mass is 19.1. The van der Waals surface area contributed by atoms with Gasteiger partial charge in [-0.1, -0.05) is 0 Å². The average Bonchev–Trinajstić information content (AvgIpc) is 2.53. The number of ketones is 1. The van der Waals surface area contributed by atoms with Gasteiger partial charge in [-0.05, 0) is 43.9 Å². The third-order valence-corrected chi connectivity index (χ3v) is 3.51. The highest BCUT2D eigenvalue weighted by Gasteiger charge is 2.21. The van der Waals surface area contributed by atoms with Gasteiger partial charge in [0.2, 0.25) is 0 Å². The van der Waals surface area contributed by atoms with E-state index in [0.717, 1.165) is 47.0 Å². The van der Waals surface area contributed by atoms with Crippen molar-refractivity contribution in [2.75, 3.05) is 0 Å². The van der Waals surface area contributed by atoms with E-state index in [4.69, 9.17) is 0 Å². The molecule has 0 fully saturated rings. The number of H-pyrrole nitrogens is 1. The van der Waals surface area contributed by atoms with Gasteiger partial charge in [-0.25, -0.2) is 4.39 Å². The molecule has 1 aromatic heterocycles. The molecule has 0 aliphatic heterocycles. The van der Waals surface area contributed by atoms with Crippen molar-refractivity contribution in [3.8, 4) is 0 Å². The summed E-state index contributed by atoms with van der Waals surface area (Å²) in [4.78, 5) is 15.4. The molecule has 0 saturated heterocycles. The van der Waals surface area contributed by atoms with E-state index in [2.05, 4.69) is 4.98 Å². The predicted molar refractivity (Wildman–Crippen MR) is 64.9 cm³/mol. The molecule has 3 heteroatoms. The van der Waals surface area contributed by atoms with E-state index in [1.807, 2.05) is 6.92 Å². The Morgan fingerprint density at radius 2 is 2.00 bits per heavy atom. The van der Waals surface area contributed by atoms with Gasteiger partial charge in [-0.3, -0.25) is 4.79 Å². The average molecular weight is 231 g/mol. The zero-order valence-electron chi connectivity index (χ0n) is 9.77. The molecule has 0 bridgehead atoms. The molecular formula is C14H14FNO. The molecule has 2 aromatic rings. The largest absolute Gasteiger partial charge is 0.358 e. The minimum atomic E-state index is -0.270. The lowest BCUT2D eigenvalue weighted by atomic mass is 10.0. The lowest BCUT2D eigenvalue weighted by molar-refractivity contribution is 0.0983. The Labute approximate surface area is 98.8 Å². The van der Waals surface area contributed by atoms with Crippen LogP contribution in [0.25, 0.3) is 10.9 Å². The maximum Gasteiger partial charge on any atom is 0.165 e. The third kappa shape index (κ3) is 1.57. The second-order valence-corrected chi connectivity index (χ2v) is 4.75. The van der Waals surface area contributed by atoms with Crippen molar-refractivity contribution in [2.45, 2.75) is 32.6 Å². The fraction of sp³-hybridized carbons (Fsp3) is 0.357. The van der Waals surface area contributed by atoms with Gasteiger partial charge in [0.05, 0.1) is 0 Å². The first kappa shape index (κ1) is 10.5. The lowest BCUT2D eigenvalue weighted by Gasteiger charge is -1.99. The summed E-state index contributed by atoms with van der Waals surface area (Å²) in [6.07, 6.45) is 3.41. The van der Waals surface area contributed by atoms with E-state index < -0.39 is 0 Å². The molecule has 1 aliphatic rings. The molecule has 0 unspecified atom stereocenters. The van der Waals surface area contributed by atoms with Crippen LogP contribution in [0.4, 0.5) is 4.39 Å². The summed E-state index contributed by atoms with van der Waals surface area (Å²) in [7, 11) is 0. The maximum absolute atomic E-state index is 13.4. The summed E-state index contributed by atoms with van der Waals surface area (Å²) < 4.78 is 13.4. The molecule has 2 nitrogen and oxygen atoms in total. The number of benzene rings is 1. The Kier molecular flexibility index (Phi) is 2.28. The van der Waals surface area contributed by atoms with Gasteiger partial charge in [0.15, 0.2) is 5.78 Å². The van der Waals surface area contributed by atoms with Crippen LogP contribution in [0.2, 0.25) is 0 Å². The molecule has 1 N–H and O–H groups in total. The van der Waals surface area contributed by atoms with E-state index >= 15 is 0 Å². The molecule has 17 heavy (non-hydrogen) atoms. The standard InChI is InChI=1S/C14H14FNO/c1-8-6-9(15)7-10-13-11(16-14(8)10)4-2-3-5-12(13)17/h6-7,16H,2-5H2,1H3. The number of aromatic nitrogens is 1. The molecule has 88 valence electrons. The van der Waals surface area contributed by atoms with Crippen LogP contribution >= 0.6 is 0 Å². The molecule has 0 radical (unpaired) electrons. The topological polar surface area (TPSA) is 32.9 Å². The summed E-state index contributed by atoms with van der Waals surface area (Å²) in [5, 5.41) is 0.754. The highest BCUT2D eigenvalue weighted by molar-refractivity contribution is 6.10. The zero-order chi connectivity index (χ0) is 12.0. The van der Waals surface area contributed by atoms with Crippen LogP contribution in [0.3, 0.4) is 0 Å². The molecule has 3 rings (SSSR count). The van der Waals surface area contributed by atoms with Crippen molar-refractivity contribution < 1.29 is 9.18 Å². The maximum atomic E-state index is 13.4. The van der Waals surface area contributed by atoms with Crippen molar-refractivity contribution in [2.24, 2.45) is 0 Å². The molecule has 1 aromatic carbocycles. The smallest absolute Gasteiger partial charge is 0.165 e. The third-order valence-electron chi connectivity index (χ3n) is 3.51. The predicted octanol–water partition coefficient (Wildman–Crippen LogP) is 3.52. The zero-order valence-corrected chi connectivity index (χ0v) is 9.77. The molecule has 0 amide bonds. The van der Waals surface area contributed by atoms with Gasteiger partial charge >= 0.3 is 0 Å². The first-order valence-corrected chi connectivity index (χ1v) is 6.00. The summed E-state index contributed by atoms with van der Waals surface area (Å²) >= 11 is 0. The summed E-state index contributed by atoms with van der Waals surface area (Å²) in [5.74, 6) is -0.123. The van der Waals surface area contributed by atoms with Crippen LogP contribution < -0.4 is 0 Å². The minimum Gasteiger partial charge on any atom is -0.358 e. The Balaban J connectivity index is 2.36. The van der Waals surface area contributed by atoms with E-state index in [1.165, 1.54) is 12.1 Å². The van der Waals surface area contributed by atoms with Crippen molar-refractivity contribution in [3.63, 3.8) is 0 Å². The molecule has 0 atom stereocenters. The Hall–Kier alpha value is -1.64. The molecule has 0 saturated carbocycles. The summed E-state index contributed by atoms with van der Waals surface area (Å²) in [6.45, 7) is 1.87. The second-order valence-electron chi connectivity index (χ2n) is 4.75. The number of rotatable bonds is 0. The number of hydrogen-bond donors (Lipinski definition) is 1. The van der Waals surface area contributed by atoms with Gasteiger partial charge in [0, 0.05) is 28.6 Å². The monoisotopic (exact) mass is 231 g/mol. The highest BCUT2D eigenvalue weighted by Crippen LogP contribution is 2.30. The number of aryl methyl sites for hydroxylation is 2. The second kappa shape index (κ2) is 3.69. The summed E-state index contributed by atoms with van der Waals surface area (Å²) in [5.41, 5.74) is 3.48. The molecular weight excluding hydrogens is 217 g/mol. The SMILES string of the molecule is Cc1cc(F)cc2c3c([nH]c12)CCCCC3=O. The van der Waals surface area contributed by atoms with E-state index in [1.54, 1.807) is 0 Å². The fourth-order valence-electron chi connectivity index (χ4n) is 2.70. The van der Waals surface area contributed by atoms with E-state index in [-0.39, 0.29) is 11.6 Å². The van der Waals surface area contributed by atoms with Crippen molar-refractivity contribution in [1.82, 2.24) is 4.98 Å². The number of hydrogen-bond acceptors (Lipinski definition) is 1. The van der Waals surface area contributed by atoms with Gasteiger partial charge < -0.3 is 4.98 Å². The Morgan fingerprint density at radius 3 is 2.82 bits per heavy atom. The van der Waals surface area contributed by atoms with Crippen LogP contribution in [-0.4, -0.2) is 10.8 Å². The fourth-order valence-corrected chi connectivity index (χ4v) is 2.70. The quantitative estimate of drug-likeness (QED) is 0.691. The van der Waals surface area contributed by atoms with Crippen LogP contribution in [0.5, 0.6) is 0 Å². The van der Waals surface area contributed by atoms with Crippen LogP contribution in [-0.2, 0) is 6.42 Å². The summed E-state index contributed by atoms with van der Waals surface area (Å²) in [6, 6.07) is 2.98. The van der Waals surface area contributed by atoms with Gasteiger partial charge in [-0.15, -0.1) is 0 Å². The molecule has 0 spiro atoms. The van der Waals surface area contributed by atoms with Crippen LogP contribution in [0, 0.1) is 12.7 Å². The van der Waals surface area contributed by atoms with Crippen LogP contribution in [0.15, 0.2) is 12.1 Å². The number of halogens is 1. The lowest BCUT2D eigenvalue weighted by Crippen LogP contribution is -1.98. The number of carbonyl (C=O) groups is 1. The first-order valence-electron chi connectivity index (χ1n) is 6.00. The molecule has 1 aliphatic carbocycles. The van der Waals surface area contributed by atoms with Crippen molar-refractivity contribution >= 4 is 16.7 Å². The number of carbonyl (C=O) groups excluding carboxylic acids is 1. The number of Topliss-reactive ketones (excluding diaryl/α,β-unsaturated/α-hetero) is 1. The number of nitrogens with one attached hydrogen (secondary N) is 1. The number of fused-ring (bicyclic) bond motifs is 3. The van der Waals surface area contributed by atoms with E-state index in [0.29, 0.717) is 6.42 Å². The normalized spacial score (nSPS) is 16.0. The Morgan fingerprint density at radius 1 is 1.24 bits per heavy atom.